The number of hydrogen-bond acceptors (Lipinski definition) is 4. The predicted octanol–water partition coefficient (Wildman–Crippen LogP) is 4.18. The molecule has 0 saturated heterocycles. The summed E-state index contributed by atoms with van der Waals surface area (Å²) < 4.78 is 0.918. The molecule has 0 saturated carbocycles. The second kappa shape index (κ2) is 5.59. The summed E-state index contributed by atoms with van der Waals surface area (Å²) in [6.45, 7) is 0. The Bertz CT molecular complexity index is 818. The van der Waals surface area contributed by atoms with E-state index in [-0.39, 0.29) is 6.03 Å². The maximum absolute atomic E-state index is 11.9. The minimum absolute atomic E-state index is 0.370. The van der Waals surface area contributed by atoms with Crippen LogP contribution < -0.4 is 16.4 Å². The molecule has 21 heavy (non-hydrogen) atoms. The number of hydrogen-bond donors (Lipinski definition) is 3. The predicted molar refractivity (Wildman–Crippen MR) is 88.1 cm³/mol. The monoisotopic (exact) mass is 318 g/mol. The van der Waals surface area contributed by atoms with Crippen molar-refractivity contribution in [3.8, 4) is 0 Å². The van der Waals surface area contributed by atoms with Gasteiger partial charge in [-0.05, 0) is 36.4 Å². The Morgan fingerprint density at radius 1 is 1.19 bits per heavy atom. The van der Waals surface area contributed by atoms with E-state index in [2.05, 4.69) is 15.6 Å². The molecular formula is C14H11ClN4OS. The Morgan fingerprint density at radius 2 is 2.05 bits per heavy atom. The van der Waals surface area contributed by atoms with Gasteiger partial charge >= 0.3 is 6.03 Å². The van der Waals surface area contributed by atoms with Gasteiger partial charge in [0.2, 0.25) is 0 Å². The number of benzene rings is 2. The number of nitrogens with zero attached hydrogens (tertiary/aromatic N) is 1. The van der Waals surface area contributed by atoms with Gasteiger partial charge in [-0.2, -0.15) is 0 Å². The van der Waals surface area contributed by atoms with E-state index in [0.717, 1.165) is 10.2 Å². The van der Waals surface area contributed by atoms with Crippen molar-refractivity contribution >= 4 is 55.7 Å². The summed E-state index contributed by atoms with van der Waals surface area (Å²) >= 11 is 7.28. The molecule has 3 aromatic rings. The molecule has 2 amide bonds. The van der Waals surface area contributed by atoms with Crippen LogP contribution in [0.2, 0.25) is 5.02 Å². The summed E-state index contributed by atoms with van der Waals surface area (Å²) in [7, 11) is 0. The first-order chi connectivity index (χ1) is 10.1. The van der Waals surface area contributed by atoms with E-state index in [1.165, 1.54) is 11.3 Å². The molecule has 0 aliphatic heterocycles. The molecule has 0 radical (unpaired) electrons. The number of halogens is 1. The Balaban J connectivity index is 1.74. The third kappa shape index (κ3) is 3.24. The Hall–Kier alpha value is -2.31. The average molecular weight is 319 g/mol. The van der Waals surface area contributed by atoms with E-state index in [1.807, 2.05) is 12.1 Å². The molecule has 4 N–H and O–H groups in total. The molecule has 0 aliphatic carbocycles. The first-order valence-electron chi connectivity index (χ1n) is 6.10. The third-order valence-electron chi connectivity index (χ3n) is 2.72. The van der Waals surface area contributed by atoms with Crippen LogP contribution in [-0.4, -0.2) is 11.0 Å². The summed E-state index contributed by atoms with van der Waals surface area (Å²) in [5.74, 6) is 0. The molecule has 2 aromatic carbocycles. The van der Waals surface area contributed by atoms with Crippen LogP contribution in [0, 0.1) is 0 Å². The number of nitrogen functional groups attached to an aromatic ring is 1. The highest BCUT2D eigenvalue weighted by Gasteiger charge is 2.08. The van der Waals surface area contributed by atoms with Gasteiger partial charge in [0.05, 0.1) is 10.2 Å². The number of fused-ring (bicyclic) bond motifs is 1. The zero-order chi connectivity index (χ0) is 14.8. The Labute approximate surface area is 129 Å². The Kier molecular flexibility index (Phi) is 3.64. The molecule has 1 aromatic heterocycles. The van der Waals surface area contributed by atoms with E-state index >= 15 is 0 Å². The molecule has 7 heteroatoms. The van der Waals surface area contributed by atoms with Gasteiger partial charge in [-0.15, -0.1) is 0 Å². The third-order valence-corrected chi connectivity index (χ3v) is 3.88. The number of nitrogens with two attached hydrogens (primary N) is 1. The minimum atomic E-state index is -0.370. The number of amides is 2. The fraction of sp³-hybridized carbons (Fsp3) is 0. The average Bonchev–Trinajstić information content (AvgIpc) is 2.79. The Morgan fingerprint density at radius 3 is 2.86 bits per heavy atom. The number of thiazole rings is 1. The van der Waals surface area contributed by atoms with Crippen LogP contribution in [0.5, 0.6) is 0 Å². The van der Waals surface area contributed by atoms with Gasteiger partial charge in [0, 0.05) is 16.4 Å². The van der Waals surface area contributed by atoms with Crippen LogP contribution in [0.15, 0.2) is 42.5 Å². The molecule has 0 unspecified atom stereocenters. The van der Waals surface area contributed by atoms with Crippen molar-refractivity contribution in [1.29, 1.82) is 0 Å². The van der Waals surface area contributed by atoms with Gasteiger partial charge in [0.25, 0.3) is 0 Å². The normalized spacial score (nSPS) is 10.5. The maximum atomic E-state index is 11.9. The quantitative estimate of drug-likeness (QED) is 0.620. The zero-order valence-corrected chi connectivity index (χ0v) is 12.3. The largest absolute Gasteiger partial charge is 0.399 e. The topological polar surface area (TPSA) is 80.0 Å². The number of carbonyl (C=O) groups is 1. The molecule has 5 nitrogen and oxygen atoms in total. The first-order valence-corrected chi connectivity index (χ1v) is 7.29. The van der Waals surface area contributed by atoms with E-state index in [4.69, 9.17) is 17.3 Å². The van der Waals surface area contributed by atoms with Crippen LogP contribution in [0.4, 0.5) is 21.3 Å². The summed E-state index contributed by atoms with van der Waals surface area (Å²) in [6, 6.07) is 12.0. The van der Waals surface area contributed by atoms with Crippen molar-refractivity contribution in [3.63, 3.8) is 0 Å². The number of carbonyl (C=O) groups excluding carboxylic acids is 1. The van der Waals surface area contributed by atoms with Crippen molar-refractivity contribution in [3.05, 3.63) is 47.5 Å². The van der Waals surface area contributed by atoms with Gasteiger partial charge in [0.15, 0.2) is 5.13 Å². The lowest BCUT2D eigenvalue weighted by Crippen LogP contribution is -2.19. The maximum Gasteiger partial charge on any atom is 0.325 e. The van der Waals surface area contributed by atoms with Crippen LogP contribution in [-0.2, 0) is 0 Å². The van der Waals surface area contributed by atoms with Gasteiger partial charge < -0.3 is 11.1 Å². The molecule has 106 valence electrons. The van der Waals surface area contributed by atoms with Crippen molar-refractivity contribution in [2.75, 3.05) is 16.4 Å². The minimum Gasteiger partial charge on any atom is -0.399 e. The molecule has 0 fully saturated rings. The van der Waals surface area contributed by atoms with Crippen molar-refractivity contribution in [1.82, 2.24) is 4.98 Å². The van der Waals surface area contributed by atoms with E-state index in [1.54, 1.807) is 30.3 Å². The highest BCUT2D eigenvalue weighted by Crippen LogP contribution is 2.28. The van der Waals surface area contributed by atoms with Crippen molar-refractivity contribution in [2.45, 2.75) is 0 Å². The second-order valence-corrected chi connectivity index (χ2v) is 5.80. The van der Waals surface area contributed by atoms with E-state index in [0.29, 0.717) is 21.5 Å². The summed E-state index contributed by atoms with van der Waals surface area (Å²) in [5.41, 5.74) is 7.66. The molecule has 0 bridgehead atoms. The lowest BCUT2D eigenvalue weighted by atomic mass is 10.3. The number of anilines is 3. The SMILES string of the molecule is Nc1cccc(NC(=O)Nc2nc3ccc(Cl)cc3s2)c1. The van der Waals surface area contributed by atoms with Gasteiger partial charge in [-0.1, -0.05) is 29.0 Å². The lowest BCUT2D eigenvalue weighted by Gasteiger charge is -2.05. The molecule has 0 spiro atoms. The fourth-order valence-electron chi connectivity index (χ4n) is 1.83. The van der Waals surface area contributed by atoms with Crippen LogP contribution in [0.25, 0.3) is 10.2 Å². The summed E-state index contributed by atoms with van der Waals surface area (Å²) in [6.07, 6.45) is 0. The van der Waals surface area contributed by atoms with E-state index in [9.17, 15) is 4.79 Å². The van der Waals surface area contributed by atoms with Crippen LogP contribution in [0.3, 0.4) is 0 Å². The van der Waals surface area contributed by atoms with Crippen molar-refractivity contribution in [2.24, 2.45) is 0 Å². The number of nitrogens with one attached hydrogen (secondary N) is 2. The van der Waals surface area contributed by atoms with Gasteiger partial charge in [-0.25, -0.2) is 9.78 Å². The van der Waals surface area contributed by atoms with Gasteiger partial charge in [-0.3, -0.25) is 5.32 Å². The highest BCUT2D eigenvalue weighted by atomic mass is 35.5. The molecule has 1 heterocycles. The molecule has 0 atom stereocenters. The first kappa shape index (κ1) is 13.7. The number of rotatable bonds is 2. The molecular weight excluding hydrogens is 308 g/mol. The second-order valence-electron chi connectivity index (χ2n) is 4.34. The zero-order valence-electron chi connectivity index (χ0n) is 10.8. The van der Waals surface area contributed by atoms with Crippen LogP contribution >= 0.6 is 22.9 Å². The molecule has 0 aliphatic rings. The lowest BCUT2D eigenvalue weighted by molar-refractivity contribution is 0.262. The standard InChI is InChI=1S/C14H11ClN4OS/c15-8-4-5-11-12(6-8)21-14(18-11)19-13(20)17-10-3-1-2-9(16)7-10/h1-7H,16H2,(H2,17,18,19,20). The fourth-order valence-corrected chi connectivity index (χ4v) is 2.96. The van der Waals surface area contributed by atoms with Crippen molar-refractivity contribution < 1.29 is 4.79 Å². The summed E-state index contributed by atoms with van der Waals surface area (Å²) in [4.78, 5) is 16.2. The van der Waals surface area contributed by atoms with Gasteiger partial charge in [0.1, 0.15) is 0 Å². The molecule has 3 rings (SSSR count). The number of urea groups is 1. The number of aromatic nitrogens is 1. The summed E-state index contributed by atoms with van der Waals surface area (Å²) in [5, 5.41) is 6.54. The van der Waals surface area contributed by atoms with Crippen LogP contribution in [0.1, 0.15) is 0 Å². The highest BCUT2D eigenvalue weighted by molar-refractivity contribution is 7.22. The van der Waals surface area contributed by atoms with E-state index < -0.39 is 0 Å². The smallest absolute Gasteiger partial charge is 0.325 e.